The zero-order valence-electron chi connectivity index (χ0n) is 21.5. The van der Waals surface area contributed by atoms with E-state index in [1.54, 1.807) is 31.4 Å². The third kappa shape index (κ3) is 6.19. The van der Waals surface area contributed by atoms with Gasteiger partial charge in [-0.25, -0.2) is 8.42 Å². The number of H-pyrrole nitrogens is 1. The van der Waals surface area contributed by atoms with E-state index in [0.29, 0.717) is 60.4 Å². The smallest absolute Gasteiger partial charge is 0.251 e. The van der Waals surface area contributed by atoms with Crippen LogP contribution in [0.25, 0.3) is 22.2 Å². The highest BCUT2D eigenvalue weighted by atomic mass is 35.5. The zero-order valence-corrected chi connectivity index (χ0v) is 23.1. The van der Waals surface area contributed by atoms with Crippen molar-refractivity contribution in [3.8, 4) is 17.1 Å². The van der Waals surface area contributed by atoms with Gasteiger partial charge in [-0.3, -0.25) is 14.7 Å². The van der Waals surface area contributed by atoms with Crippen molar-refractivity contribution >= 4 is 39.1 Å². The van der Waals surface area contributed by atoms with Gasteiger partial charge in [0.15, 0.2) is 15.7 Å². The Hall–Kier alpha value is -2.96. The number of halogens is 1. The number of aromatic nitrogens is 2. The van der Waals surface area contributed by atoms with Crippen LogP contribution in [-0.4, -0.2) is 98.1 Å². The van der Waals surface area contributed by atoms with Gasteiger partial charge in [0.25, 0.3) is 5.91 Å². The number of nitrogens with zero attached hydrogens (tertiary/aromatic N) is 3. The molecule has 1 aromatic carbocycles. The largest absolute Gasteiger partial charge is 0.494 e. The predicted octanol–water partition coefficient (Wildman–Crippen LogP) is 2.66. The Balaban J connectivity index is 0.00000400. The quantitative estimate of drug-likeness (QED) is 0.254. The van der Waals surface area contributed by atoms with Crippen LogP contribution in [0.4, 0.5) is 0 Å². The van der Waals surface area contributed by atoms with Crippen LogP contribution in [0.5, 0.6) is 5.88 Å². The molecule has 38 heavy (non-hydrogen) atoms. The van der Waals surface area contributed by atoms with E-state index in [1.807, 2.05) is 11.9 Å². The number of pyridine rings is 1. The summed E-state index contributed by atoms with van der Waals surface area (Å²) in [6.07, 6.45) is 3.46. The highest BCUT2D eigenvalue weighted by Gasteiger charge is 2.32. The fourth-order valence-electron chi connectivity index (χ4n) is 4.48. The number of amides is 1. The van der Waals surface area contributed by atoms with Gasteiger partial charge < -0.3 is 25.0 Å². The molecule has 1 fully saturated rings. The first-order valence-corrected chi connectivity index (χ1v) is 13.7. The fraction of sp³-hybridized carbons (Fsp3) is 0.385. The third-order valence-corrected chi connectivity index (χ3v) is 8.62. The molecule has 1 aliphatic rings. The number of ether oxygens (including phenoxy) is 1. The molecule has 3 heterocycles. The van der Waals surface area contributed by atoms with Gasteiger partial charge in [-0.05, 0) is 43.8 Å². The van der Waals surface area contributed by atoms with Crippen LogP contribution in [0.1, 0.15) is 16.8 Å². The number of methoxy groups -OCH3 is 1. The average molecular weight is 564 g/mol. The normalized spacial score (nSPS) is 15.6. The number of benzene rings is 1. The fourth-order valence-corrected chi connectivity index (χ4v) is 6.08. The number of sulfone groups is 1. The maximum atomic E-state index is 13.4. The molecule has 1 aliphatic heterocycles. The first-order valence-electron chi connectivity index (χ1n) is 12.1. The summed E-state index contributed by atoms with van der Waals surface area (Å²) in [5.74, 6) is -0.351. The van der Waals surface area contributed by atoms with E-state index in [-0.39, 0.29) is 29.1 Å². The number of carbonyl (C=O) groups is 1. The second-order valence-electron chi connectivity index (χ2n) is 9.10. The number of aromatic amines is 1. The van der Waals surface area contributed by atoms with Gasteiger partial charge in [-0.2, -0.15) is 0 Å². The SMILES string of the molecule is C=CC(N1CCN(C)CC1)S(=O)(=O)c1ccc(-c2c(O)[nH]c3ccc(C(=O)NCCCOC)cc23)nc1.Cl. The summed E-state index contributed by atoms with van der Waals surface area (Å²) >= 11 is 0. The zero-order chi connectivity index (χ0) is 26.6. The molecule has 10 nitrogen and oxygen atoms in total. The lowest BCUT2D eigenvalue weighted by atomic mass is 10.1. The predicted molar refractivity (Wildman–Crippen MR) is 150 cm³/mol. The molecule has 206 valence electrons. The Morgan fingerprint density at radius 3 is 2.63 bits per heavy atom. The number of rotatable bonds is 10. The molecule has 2 aromatic heterocycles. The van der Waals surface area contributed by atoms with Crippen LogP contribution in [-0.2, 0) is 14.6 Å². The summed E-state index contributed by atoms with van der Waals surface area (Å²) in [7, 11) is -0.125. The second-order valence-corrected chi connectivity index (χ2v) is 11.1. The van der Waals surface area contributed by atoms with Crippen LogP contribution in [0.2, 0.25) is 0 Å². The molecule has 0 radical (unpaired) electrons. The minimum absolute atomic E-state index is 0. The molecule has 3 aromatic rings. The lowest BCUT2D eigenvalue weighted by molar-refractivity contribution is 0.0948. The van der Waals surface area contributed by atoms with Crippen LogP contribution >= 0.6 is 12.4 Å². The molecule has 0 spiro atoms. The lowest BCUT2D eigenvalue weighted by Crippen LogP contribution is -2.50. The number of piperazine rings is 1. The molecule has 3 N–H and O–H groups in total. The van der Waals surface area contributed by atoms with Crippen LogP contribution in [0.3, 0.4) is 0 Å². The standard InChI is InChI=1S/C26H33N5O5S.ClH/c1-4-23(31-13-11-30(2)12-14-31)37(34,35)19-7-9-22(28-17-19)24-20-16-18(6-8-21(20)29-26(24)33)25(32)27-10-5-15-36-3;/h4,6-9,16-17,23,29,33H,1,5,10-15H2,2-3H3,(H,27,32);1H. The molecule has 4 rings (SSSR count). The molecule has 0 aliphatic carbocycles. The third-order valence-electron chi connectivity index (χ3n) is 6.59. The van der Waals surface area contributed by atoms with Crippen LogP contribution in [0.15, 0.2) is 54.1 Å². The number of aromatic hydroxyl groups is 1. The van der Waals surface area contributed by atoms with Crippen LogP contribution in [0, 0.1) is 0 Å². The average Bonchev–Trinajstić information content (AvgIpc) is 3.22. The lowest BCUT2D eigenvalue weighted by Gasteiger charge is -2.36. The van der Waals surface area contributed by atoms with Crippen molar-refractivity contribution in [1.29, 1.82) is 0 Å². The maximum Gasteiger partial charge on any atom is 0.251 e. The minimum atomic E-state index is -3.74. The Kier molecular flexibility index (Phi) is 9.91. The summed E-state index contributed by atoms with van der Waals surface area (Å²) in [5, 5.41) is 13.2. The summed E-state index contributed by atoms with van der Waals surface area (Å²) in [6.45, 7) is 7.62. The van der Waals surface area contributed by atoms with E-state index >= 15 is 0 Å². The second kappa shape index (κ2) is 12.7. The first kappa shape index (κ1) is 29.6. The number of hydrogen-bond donors (Lipinski definition) is 3. The van der Waals surface area contributed by atoms with E-state index < -0.39 is 15.2 Å². The van der Waals surface area contributed by atoms with Crippen molar-refractivity contribution < 1.29 is 23.1 Å². The molecule has 1 amide bonds. The molecule has 1 saturated heterocycles. The van der Waals surface area contributed by atoms with Crippen molar-refractivity contribution in [2.75, 3.05) is 53.5 Å². The summed E-state index contributed by atoms with van der Waals surface area (Å²) in [5.41, 5.74) is 1.84. The number of carbonyl (C=O) groups excluding carboxylic acids is 1. The van der Waals surface area contributed by atoms with Crippen molar-refractivity contribution in [2.45, 2.75) is 16.7 Å². The van der Waals surface area contributed by atoms with Crippen molar-refractivity contribution in [3.63, 3.8) is 0 Å². The van der Waals surface area contributed by atoms with Crippen molar-refractivity contribution in [2.24, 2.45) is 0 Å². The number of hydrogen-bond acceptors (Lipinski definition) is 8. The Bertz CT molecular complexity index is 1370. The van der Waals surface area contributed by atoms with Gasteiger partial charge in [0.05, 0.1) is 16.2 Å². The van der Waals surface area contributed by atoms with Gasteiger partial charge in [0.2, 0.25) is 0 Å². The van der Waals surface area contributed by atoms with Crippen molar-refractivity contribution in [1.82, 2.24) is 25.1 Å². The maximum absolute atomic E-state index is 13.4. The summed E-state index contributed by atoms with van der Waals surface area (Å²) < 4.78 is 31.8. The Morgan fingerprint density at radius 2 is 2.00 bits per heavy atom. The molecule has 0 bridgehead atoms. The summed E-state index contributed by atoms with van der Waals surface area (Å²) in [4.78, 5) is 24.0. The van der Waals surface area contributed by atoms with Gasteiger partial charge in [0.1, 0.15) is 5.37 Å². The van der Waals surface area contributed by atoms with Crippen LogP contribution < -0.4 is 5.32 Å². The van der Waals surface area contributed by atoms with E-state index in [1.165, 1.54) is 18.3 Å². The molecular weight excluding hydrogens is 530 g/mol. The number of nitrogens with one attached hydrogen (secondary N) is 2. The van der Waals surface area contributed by atoms with E-state index in [9.17, 15) is 18.3 Å². The first-order chi connectivity index (χ1) is 17.8. The van der Waals surface area contributed by atoms with Gasteiger partial charge >= 0.3 is 0 Å². The minimum Gasteiger partial charge on any atom is -0.494 e. The molecule has 12 heteroatoms. The molecule has 0 saturated carbocycles. The molecular formula is C26H34ClN5O5S. The molecule has 1 unspecified atom stereocenters. The number of likely N-dealkylation sites (N-methyl/N-ethyl adjacent to an activating group) is 1. The summed E-state index contributed by atoms with van der Waals surface area (Å²) in [6, 6.07) is 8.13. The van der Waals surface area contributed by atoms with Gasteiger partial charge in [-0.1, -0.05) is 6.08 Å². The Morgan fingerprint density at radius 1 is 1.26 bits per heavy atom. The Labute approximate surface area is 229 Å². The molecule has 1 atom stereocenters. The highest BCUT2D eigenvalue weighted by Crippen LogP contribution is 2.36. The topological polar surface area (TPSA) is 128 Å². The van der Waals surface area contributed by atoms with E-state index in [2.05, 4.69) is 26.8 Å². The number of fused-ring (bicyclic) bond motifs is 1. The van der Waals surface area contributed by atoms with Gasteiger partial charge in [0, 0.05) is 69.1 Å². The van der Waals surface area contributed by atoms with Gasteiger partial charge in [-0.15, -0.1) is 19.0 Å². The monoisotopic (exact) mass is 563 g/mol. The van der Waals surface area contributed by atoms with Crippen molar-refractivity contribution in [3.05, 3.63) is 54.7 Å². The highest BCUT2D eigenvalue weighted by molar-refractivity contribution is 7.92. The van der Waals surface area contributed by atoms with E-state index in [4.69, 9.17) is 4.74 Å². The van der Waals surface area contributed by atoms with E-state index in [0.717, 1.165) is 13.1 Å².